The Kier molecular flexibility index (Phi) is 6.44. The number of likely N-dealkylation sites (tertiary alicyclic amines) is 1. The van der Waals surface area contributed by atoms with Gasteiger partial charge in [-0.25, -0.2) is 0 Å². The molecule has 0 aliphatic carbocycles. The maximum Gasteiger partial charge on any atom is 0.411 e. The number of carboxylic acids is 1. The van der Waals surface area contributed by atoms with Gasteiger partial charge in [-0.05, 0) is 32.1 Å². The maximum absolute atomic E-state index is 12.1. The van der Waals surface area contributed by atoms with Gasteiger partial charge in [-0.1, -0.05) is 0 Å². The van der Waals surface area contributed by atoms with Crippen molar-refractivity contribution in [3.8, 4) is 0 Å². The number of aliphatic carboxylic acids is 1. The number of alkyl halides is 3. The lowest BCUT2D eigenvalue weighted by molar-refractivity contribution is -0.189. The molecule has 1 amide bonds. The third-order valence-electron chi connectivity index (χ3n) is 3.44. The van der Waals surface area contributed by atoms with E-state index in [9.17, 15) is 22.8 Å². The predicted octanol–water partition coefficient (Wildman–Crippen LogP) is 2.06. The third-order valence-corrected chi connectivity index (χ3v) is 3.44. The molecular formula is C13H20F3NO4. The van der Waals surface area contributed by atoms with E-state index in [4.69, 9.17) is 5.11 Å². The van der Waals surface area contributed by atoms with Crippen molar-refractivity contribution in [1.29, 1.82) is 0 Å². The summed E-state index contributed by atoms with van der Waals surface area (Å²) in [5.41, 5.74) is 0. The van der Waals surface area contributed by atoms with Crippen LogP contribution in [0, 0.1) is 5.92 Å². The average Bonchev–Trinajstić information content (AvgIpc) is 2.41. The number of piperidine rings is 1. The summed E-state index contributed by atoms with van der Waals surface area (Å²) in [6, 6.07) is 0. The molecule has 1 heterocycles. The van der Waals surface area contributed by atoms with Crippen LogP contribution in [0.25, 0.3) is 0 Å². The van der Waals surface area contributed by atoms with Gasteiger partial charge in [-0.3, -0.25) is 9.59 Å². The Morgan fingerprint density at radius 1 is 1.43 bits per heavy atom. The normalized spacial score (nSPS) is 21.1. The van der Waals surface area contributed by atoms with Gasteiger partial charge < -0.3 is 14.7 Å². The van der Waals surface area contributed by atoms with Crippen LogP contribution in [0.15, 0.2) is 0 Å². The number of ether oxygens (including phenoxy) is 1. The van der Waals surface area contributed by atoms with E-state index in [1.54, 1.807) is 0 Å². The van der Waals surface area contributed by atoms with E-state index >= 15 is 0 Å². The molecule has 21 heavy (non-hydrogen) atoms. The smallest absolute Gasteiger partial charge is 0.411 e. The first-order valence-electron chi connectivity index (χ1n) is 6.88. The molecule has 8 heteroatoms. The second kappa shape index (κ2) is 7.63. The van der Waals surface area contributed by atoms with Crippen molar-refractivity contribution < 1.29 is 32.6 Å². The Morgan fingerprint density at radius 3 is 2.67 bits per heavy atom. The van der Waals surface area contributed by atoms with Crippen LogP contribution in [0.3, 0.4) is 0 Å². The number of rotatable bonds is 6. The Balaban J connectivity index is 2.43. The van der Waals surface area contributed by atoms with Gasteiger partial charge >= 0.3 is 12.1 Å². The van der Waals surface area contributed by atoms with Gasteiger partial charge in [-0.2, -0.15) is 13.2 Å². The lowest BCUT2D eigenvalue weighted by Gasteiger charge is -2.34. The van der Waals surface area contributed by atoms with Crippen molar-refractivity contribution in [1.82, 2.24) is 4.90 Å². The molecule has 0 saturated carbocycles. The first kappa shape index (κ1) is 17.7. The van der Waals surface area contributed by atoms with Crippen molar-refractivity contribution in [2.75, 3.05) is 19.7 Å². The molecule has 122 valence electrons. The highest BCUT2D eigenvalue weighted by molar-refractivity contribution is 5.80. The molecule has 1 saturated heterocycles. The zero-order valence-corrected chi connectivity index (χ0v) is 11.9. The van der Waals surface area contributed by atoms with Gasteiger partial charge in [0.15, 0.2) is 0 Å². The average molecular weight is 311 g/mol. The second-order valence-corrected chi connectivity index (χ2v) is 5.29. The molecule has 0 aromatic rings. The molecule has 1 aliphatic heterocycles. The number of nitrogens with zero attached hydrogens (tertiary/aromatic N) is 1. The van der Waals surface area contributed by atoms with E-state index in [1.165, 1.54) is 11.8 Å². The molecule has 2 atom stereocenters. The third kappa shape index (κ3) is 6.79. The Labute approximate surface area is 121 Å². The molecule has 1 aliphatic rings. The predicted molar refractivity (Wildman–Crippen MR) is 67.6 cm³/mol. The van der Waals surface area contributed by atoms with Crippen molar-refractivity contribution in [2.45, 2.75) is 44.9 Å². The van der Waals surface area contributed by atoms with Crippen LogP contribution >= 0.6 is 0 Å². The molecular weight excluding hydrogens is 291 g/mol. The van der Waals surface area contributed by atoms with Gasteiger partial charge in [0, 0.05) is 19.5 Å². The zero-order chi connectivity index (χ0) is 16.0. The first-order chi connectivity index (χ1) is 9.69. The van der Waals surface area contributed by atoms with Gasteiger partial charge in [-0.15, -0.1) is 0 Å². The molecule has 0 bridgehead atoms. The highest BCUT2D eigenvalue weighted by Gasteiger charge is 2.32. The minimum absolute atomic E-state index is 0.0345. The first-order valence-corrected chi connectivity index (χ1v) is 6.88. The summed E-state index contributed by atoms with van der Waals surface area (Å²) in [6.07, 6.45) is -3.55. The fourth-order valence-electron chi connectivity index (χ4n) is 2.38. The molecule has 0 aromatic heterocycles. The van der Waals surface area contributed by atoms with Crippen LogP contribution in [0.5, 0.6) is 0 Å². The summed E-state index contributed by atoms with van der Waals surface area (Å²) in [5, 5.41) is 8.65. The standard InChI is InChI=1S/C13H20F3NO4/c1-9(21-8-13(14,15)16)12(20)17-6-2-3-10(7-17)4-5-11(18)19/h9-10H,2-8H2,1H3,(H,18,19)/t9-,10-/m0/s1. The van der Waals surface area contributed by atoms with Crippen LogP contribution in [-0.4, -0.2) is 53.9 Å². The maximum atomic E-state index is 12.1. The van der Waals surface area contributed by atoms with Gasteiger partial charge in [0.2, 0.25) is 0 Å². The van der Waals surface area contributed by atoms with Crippen LogP contribution < -0.4 is 0 Å². The summed E-state index contributed by atoms with van der Waals surface area (Å²) in [4.78, 5) is 24.0. The number of hydrogen-bond acceptors (Lipinski definition) is 3. The van der Waals surface area contributed by atoms with Crippen LogP contribution in [0.4, 0.5) is 13.2 Å². The molecule has 1 N–H and O–H groups in total. The molecule has 0 unspecified atom stereocenters. The van der Waals surface area contributed by atoms with Crippen LogP contribution in [0.2, 0.25) is 0 Å². The SMILES string of the molecule is C[C@H](OCC(F)(F)F)C(=O)N1CCC[C@@H](CCC(=O)O)C1. The lowest BCUT2D eigenvalue weighted by Crippen LogP contribution is -2.45. The number of halogens is 3. The van der Waals surface area contributed by atoms with Crippen molar-refractivity contribution in [3.63, 3.8) is 0 Å². The second-order valence-electron chi connectivity index (χ2n) is 5.29. The van der Waals surface area contributed by atoms with Crippen molar-refractivity contribution >= 4 is 11.9 Å². The quantitative estimate of drug-likeness (QED) is 0.815. The number of carbonyl (C=O) groups excluding carboxylic acids is 1. The molecule has 0 spiro atoms. The number of carboxylic acid groups (broad SMARTS) is 1. The van der Waals surface area contributed by atoms with Crippen molar-refractivity contribution in [3.05, 3.63) is 0 Å². The fourth-order valence-corrected chi connectivity index (χ4v) is 2.38. The molecule has 5 nitrogen and oxygen atoms in total. The highest BCUT2D eigenvalue weighted by Crippen LogP contribution is 2.22. The van der Waals surface area contributed by atoms with Crippen LogP contribution in [0.1, 0.15) is 32.6 Å². The summed E-state index contributed by atoms with van der Waals surface area (Å²) >= 11 is 0. The fraction of sp³-hybridized carbons (Fsp3) is 0.846. The highest BCUT2D eigenvalue weighted by atomic mass is 19.4. The minimum Gasteiger partial charge on any atom is -0.481 e. The zero-order valence-electron chi connectivity index (χ0n) is 11.9. The molecule has 0 radical (unpaired) electrons. The monoisotopic (exact) mass is 311 g/mol. The summed E-state index contributed by atoms with van der Waals surface area (Å²) in [6.45, 7) is 0.707. The van der Waals surface area contributed by atoms with E-state index in [2.05, 4.69) is 4.74 Å². The lowest BCUT2D eigenvalue weighted by atomic mass is 9.93. The number of amides is 1. The van der Waals surface area contributed by atoms with E-state index in [0.717, 1.165) is 12.8 Å². The Hall–Kier alpha value is -1.31. The van der Waals surface area contributed by atoms with Gasteiger partial charge in [0.05, 0.1) is 0 Å². The van der Waals surface area contributed by atoms with E-state index in [-0.39, 0.29) is 12.3 Å². The Morgan fingerprint density at radius 2 is 2.10 bits per heavy atom. The number of carbonyl (C=O) groups is 2. The molecule has 0 aromatic carbocycles. The molecule has 1 fully saturated rings. The van der Waals surface area contributed by atoms with E-state index in [1.807, 2.05) is 0 Å². The van der Waals surface area contributed by atoms with E-state index in [0.29, 0.717) is 19.5 Å². The molecule has 1 rings (SSSR count). The van der Waals surface area contributed by atoms with E-state index < -0.39 is 30.8 Å². The van der Waals surface area contributed by atoms with Crippen LogP contribution in [-0.2, 0) is 14.3 Å². The summed E-state index contributed by atoms with van der Waals surface area (Å²) < 4.78 is 40.7. The van der Waals surface area contributed by atoms with Gasteiger partial charge in [0.1, 0.15) is 12.7 Å². The van der Waals surface area contributed by atoms with Crippen molar-refractivity contribution in [2.24, 2.45) is 5.92 Å². The largest absolute Gasteiger partial charge is 0.481 e. The summed E-state index contributed by atoms with van der Waals surface area (Å²) in [5.74, 6) is -1.28. The van der Waals surface area contributed by atoms with Gasteiger partial charge in [0.25, 0.3) is 5.91 Å². The Bertz CT molecular complexity index is 373. The topological polar surface area (TPSA) is 66.8 Å². The summed E-state index contributed by atoms with van der Waals surface area (Å²) in [7, 11) is 0. The minimum atomic E-state index is -4.46. The number of hydrogen-bond donors (Lipinski definition) is 1.